The average Bonchev–Trinajstić information content (AvgIpc) is 2.56. The van der Waals surface area contributed by atoms with Gasteiger partial charge in [0.1, 0.15) is 29.1 Å². The maximum atomic E-state index is 13.0. The van der Waals surface area contributed by atoms with Crippen molar-refractivity contribution in [2.24, 2.45) is 0 Å². The summed E-state index contributed by atoms with van der Waals surface area (Å²) in [6.45, 7) is 9.92. The van der Waals surface area contributed by atoms with Crippen molar-refractivity contribution in [2.45, 2.75) is 58.9 Å². The Kier molecular flexibility index (Phi) is 21.0. The van der Waals surface area contributed by atoms with Crippen LogP contribution in [0.1, 0.15) is 57.5 Å². The smallest absolute Gasteiger partial charge is 0.652 e. The number of hydrogen-bond acceptors (Lipinski definition) is 9. The van der Waals surface area contributed by atoms with Crippen molar-refractivity contribution in [3.8, 4) is 5.75 Å². The molecule has 10 nitrogen and oxygen atoms in total. The van der Waals surface area contributed by atoms with Crippen LogP contribution in [0.25, 0.3) is 0 Å². The zero-order valence-corrected chi connectivity index (χ0v) is 33.6. The van der Waals surface area contributed by atoms with Gasteiger partial charge < -0.3 is 29.2 Å². The third kappa shape index (κ3) is 21.5. The molecular weight excluding hydrogens is 719 g/mol. The Balaban J connectivity index is -0.00000158. The van der Waals surface area contributed by atoms with Gasteiger partial charge in [0.15, 0.2) is 0 Å². The summed E-state index contributed by atoms with van der Waals surface area (Å²) in [5, 5.41) is 16.7. The van der Waals surface area contributed by atoms with E-state index in [-0.39, 0.29) is 162 Å². The number of benzene rings is 1. The number of ether oxygens (including phenoxy) is 3. The van der Waals surface area contributed by atoms with Crippen molar-refractivity contribution in [3.05, 3.63) is 29.3 Å². The minimum atomic E-state index is -4.60. The number of nitrogens with one attached hydrogen (secondary N) is 2. The predicted octanol–water partition coefficient (Wildman–Crippen LogP) is -4.37. The van der Waals surface area contributed by atoms with Crippen LogP contribution in [-0.2, 0) is 15.7 Å². The molecule has 1 aromatic carbocycles. The van der Waals surface area contributed by atoms with Gasteiger partial charge in [-0.2, -0.15) is 13.2 Å². The van der Waals surface area contributed by atoms with Gasteiger partial charge in [0.05, 0.1) is 5.56 Å². The number of halogens is 3. The third-order valence-electron chi connectivity index (χ3n) is 3.00. The number of carboxylic acid groups (broad SMARTS) is 2. The second kappa shape index (κ2) is 18.2. The molecule has 35 heavy (non-hydrogen) atoms. The number of hydrazine groups is 1. The van der Waals surface area contributed by atoms with Gasteiger partial charge >= 0.3 is 156 Å². The van der Waals surface area contributed by atoms with E-state index in [4.69, 9.17) is 29.2 Å². The molecule has 0 heterocycles. The molecule has 0 saturated heterocycles. The molecule has 0 aliphatic carbocycles. The van der Waals surface area contributed by atoms with E-state index in [2.05, 4.69) is 10.9 Å². The molecule has 0 atom stereocenters. The molecule has 0 bridgehead atoms. The van der Waals surface area contributed by atoms with E-state index in [0.29, 0.717) is 0 Å². The van der Waals surface area contributed by atoms with Gasteiger partial charge in [-0.3, -0.25) is 5.43 Å². The normalized spacial score (nSPS) is 10.9. The van der Waals surface area contributed by atoms with E-state index >= 15 is 0 Å². The number of esters is 1. The number of carbonyl (C=O) groups is 3. The van der Waals surface area contributed by atoms with Crippen LogP contribution in [0.2, 0.25) is 0 Å². The number of rotatable bonds is 6. The molecule has 1 amide bonds. The summed E-state index contributed by atoms with van der Waals surface area (Å²) in [6, 6.07) is 2.54. The van der Waals surface area contributed by atoms with Crippen molar-refractivity contribution in [1.82, 2.24) is 10.9 Å². The standard InChI is InChI=1S/C19H27F3N2O5.CH2O3.2Cs/c1-17(2,3)28-15(25)13-8-7-12(19(20,21)22)11-14(13)27-10-9-23-24-16(26)29-18(4,5)6;2-1(3)4;;/h7-8,11,23H,9-10H2,1-6H3,(H,24,26);(H2,2,3,4);;/q;;2*+1/p-2. The molecule has 0 radical (unpaired) electrons. The first-order valence-electron chi connectivity index (χ1n) is 9.49. The Morgan fingerprint density at radius 1 is 0.914 bits per heavy atom. The molecule has 15 heteroatoms. The van der Waals surface area contributed by atoms with E-state index in [1.165, 1.54) is 0 Å². The van der Waals surface area contributed by atoms with Crippen LogP contribution < -0.4 is 164 Å². The zero-order chi connectivity index (χ0) is 26.0. The minimum Gasteiger partial charge on any atom is -0.652 e. The first kappa shape index (κ1) is 40.4. The molecule has 0 fully saturated rings. The largest absolute Gasteiger partial charge is 1.00 e. The first-order chi connectivity index (χ1) is 14.8. The van der Waals surface area contributed by atoms with Crippen LogP contribution in [-0.4, -0.2) is 42.6 Å². The number of carbonyl (C=O) groups excluding carboxylic acids is 3. The Morgan fingerprint density at radius 2 is 1.40 bits per heavy atom. The van der Waals surface area contributed by atoms with Crippen molar-refractivity contribution in [3.63, 3.8) is 0 Å². The molecular formula is C20H27Cs2F3N2O8. The molecule has 1 aromatic rings. The fraction of sp³-hybridized carbons (Fsp3) is 0.550. The van der Waals surface area contributed by atoms with Gasteiger partial charge in [-0.1, -0.05) is 0 Å². The Hall–Kier alpha value is 0.884. The van der Waals surface area contributed by atoms with Crippen LogP contribution in [0.5, 0.6) is 5.75 Å². The maximum Gasteiger partial charge on any atom is 1.00 e. The van der Waals surface area contributed by atoms with Crippen molar-refractivity contribution in [1.29, 1.82) is 0 Å². The van der Waals surface area contributed by atoms with Crippen molar-refractivity contribution >= 4 is 18.2 Å². The molecule has 1 rings (SSSR count). The molecule has 0 aliphatic rings. The van der Waals surface area contributed by atoms with Gasteiger partial charge in [-0.15, -0.1) is 0 Å². The van der Waals surface area contributed by atoms with Gasteiger partial charge in [-0.25, -0.2) is 15.0 Å². The Labute approximate surface area is 319 Å². The first-order valence-corrected chi connectivity index (χ1v) is 9.49. The van der Waals surface area contributed by atoms with Crippen LogP contribution >= 0.6 is 0 Å². The van der Waals surface area contributed by atoms with Gasteiger partial charge in [-0.05, 0) is 65.9 Å². The summed E-state index contributed by atoms with van der Waals surface area (Å²) < 4.78 is 54.5. The number of hydrogen-bond donors (Lipinski definition) is 2. The Morgan fingerprint density at radius 3 is 1.83 bits per heavy atom. The predicted molar refractivity (Wildman–Crippen MR) is 105 cm³/mol. The van der Waals surface area contributed by atoms with Crippen LogP contribution in [0, 0.1) is 0 Å². The molecule has 188 valence electrons. The van der Waals surface area contributed by atoms with Crippen LogP contribution in [0.4, 0.5) is 22.8 Å². The minimum absolute atomic E-state index is 0. The second-order valence-electron chi connectivity index (χ2n) is 8.36. The molecule has 2 N–H and O–H groups in total. The Bertz CT molecular complexity index is 822. The van der Waals surface area contributed by atoms with Gasteiger partial charge in [0.25, 0.3) is 0 Å². The maximum absolute atomic E-state index is 13.0. The molecule has 0 aromatic heterocycles. The fourth-order valence-corrected chi connectivity index (χ4v) is 1.97. The third-order valence-corrected chi connectivity index (χ3v) is 3.00. The monoisotopic (exact) mass is 746 g/mol. The summed E-state index contributed by atoms with van der Waals surface area (Å²) in [5.74, 6) is -1.07. The van der Waals surface area contributed by atoms with E-state index in [1.807, 2.05) is 0 Å². The van der Waals surface area contributed by atoms with Gasteiger partial charge in [0, 0.05) is 6.54 Å². The molecule has 0 aliphatic heterocycles. The van der Waals surface area contributed by atoms with E-state index in [9.17, 15) is 22.8 Å². The molecule has 0 spiro atoms. The summed E-state index contributed by atoms with van der Waals surface area (Å²) in [5.41, 5.74) is 2.20. The number of amides is 1. The average molecular weight is 746 g/mol. The SMILES string of the molecule is CC(C)(C)OC(=O)NNCCOc1cc(C(F)(F)F)ccc1C(=O)OC(C)(C)C.O=C([O-])[O-].[Cs+].[Cs+]. The molecule has 0 unspecified atom stereocenters. The topological polar surface area (TPSA) is 149 Å². The van der Waals surface area contributed by atoms with Crippen LogP contribution in [0.3, 0.4) is 0 Å². The fourth-order valence-electron chi connectivity index (χ4n) is 1.97. The van der Waals surface area contributed by atoms with Gasteiger partial charge in [0.2, 0.25) is 0 Å². The quantitative estimate of drug-likeness (QED) is 0.168. The zero-order valence-electron chi connectivity index (χ0n) is 21.0. The van der Waals surface area contributed by atoms with E-state index < -0.39 is 41.2 Å². The van der Waals surface area contributed by atoms with Crippen molar-refractivity contribution < 1.29 is 190 Å². The summed E-state index contributed by atoms with van der Waals surface area (Å²) in [7, 11) is 0. The number of alkyl halides is 3. The van der Waals surface area contributed by atoms with Crippen molar-refractivity contribution in [2.75, 3.05) is 13.2 Å². The molecule has 0 saturated carbocycles. The second-order valence-corrected chi connectivity index (χ2v) is 8.36. The summed E-state index contributed by atoms with van der Waals surface area (Å²) >= 11 is 0. The van der Waals surface area contributed by atoms with E-state index in [1.54, 1.807) is 41.5 Å². The summed E-state index contributed by atoms with van der Waals surface area (Å²) in [6.07, 6.45) is -7.65. The van der Waals surface area contributed by atoms with E-state index in [0.717, 1.165) is 18.2 Å². The summed E-state index contributed by atoms with van der Waals surface area (Å²) in [4.78, 5) is 32.1. The van der Waals surface area contributed by atoms with Crippen LogP contribution in [0.15, 0.2) is 18.2 Å².